The normalized spacial score (nSPS) is 23.6. The third kappa shape index (κ3) is 4.56. The average molecular weight is 436 g/mol. The summed E-state index contributed by atoms with van der Waals surface area (Å²) >= 11 is 0. The fourth-order valence-electron chi connectivity index (χ4n) is 4.27. The van der Waals surface area contributed by atoms with Crippen molar-refractivity contribution in [3.8, 4) is 11.8 Å². The number of hydrogen-bond acceptors (Lipinski definition) is 6. The second kappa shape index (κ2) is 8.44. The smallest absolute Gasteiger partial charge is 0.410 e. The van der Waals surface area contributed by atoms with E-state index in [1.54, 1.807) is 17.2 Å². The summed E-state index contributed by atoms with van der Waals surface area (Å²) in [6.45, 7) is 8.76. The van der Waals surface area contributed by atoms with Crippen molar-refractivity contribution < 1.29 is 19.0 Å². The number of likely N-dealkylation sites (tertiary alicyclic amines) is 1. The van der Waals surface area contributed by atoms with Gasteiger partial charge in [0.15, 0.2) is 0 Å². The largest absolute Gasteiger partial charge is 0.458 e. The molecular formula is C25H29N3O4. The number of para-hydroxylation sites is 1. The Balaban J connectivity index is 1.54. The van der Waals surface area contributed by atoms with E-state index < -0.39 is 11.4 Å². The number of carbonyl (C=O) groups is 1. The molecule has 0 saturated carbocycles. The molecule has 1 saturated heterocycles. The number of benzene rings is 1. The second-order valence-electron chi connectivity index (χ2n) is 9.47. The fourth-order valence-corrected chi connectivity index (χ4v) is 4.27. The lowest BCUT2D eigenvalue weighted by Crippen LogP contribution is -2.45. The molecule has 0 spiro atoms. The number of carbonyl (C=O) groups excluding carboxylic acids is 1. The van der Waals surface area contributed by atoms with Crippen LogP contribution in [0.25, 0.3) is 0 Å². The van der Waals surface area contributed by atoms with Crippen LogP contribution in [0.1, 0.15) is 63.5 Å². The lowest BCUT2D eigenvalue weighted by atomic mass is 9.85. The molecule has 7 heteroatoms. The number of amides is 1. The highest BCUT2D eigenvalue weighted by Gasteiger charge is 2.44. The van der Waals surface area contributed by atoms with E-state index in [1.165, 1.54) is 0 Å². The van der Waals surface area contributed by atoms with Gasteiger partial charge in [0, 0.05) is 37.3 Å². The first-order valence-electron chi connectivity index (χ1n) is 11.0. The Bertz CT molecular complexity index is 1020. The van der Waals surface area contributed by atoms with Crippen molar-refractivity contribution in [2.45, 2.75) is 58.0 Å². The number of pyridine rings is 1. The molecule has 2 aromatic rings. The molecule has 32 heavy (non-hydrogen) atoms. The van der Waals surface area contributed by atoms with Crippen LogP contribution in [0.4, 0.5) is 4.79 Å². The molecule has 1 unspecified atom stereocenters. The van der Waals surface area contributed by atoms with Crippen LogP contribution in [0, 0.1) is 17.2 Å². The summed E-state index contributed by atoms with van der Waals surface area (Å²) in [5.41, 5.74) is 1.61. The summed E-state index contributed by atoms with van der Waals surface area (Å²) in [6, 6.07) is 13.5. The Hall–Kier alpha value is -3.11. The number of nitrogens with zero attached hydrogens (tertiary/aromatic N) is 3. The second-order valence-corrected chi connectivity index (χ2v) is 9.47. The Morgan fingerprint density at radius 3 is 2.56 bits per heavy atom. The molecule has 3 heterocycles. The topological polar surface area (TPSA) is 84.7 Å². The maximum absolute atomic E-state index is 12.5. The number of rotatable bonds is 2. The van der Waals surface area contributed by atoms with Gasteiger partial charge < -0.3 is 19.1 Å². The van der Waals surface area contributed by atoms with Crippen LogP contribution in [0.15, 0.2) is 42.6 Å². The van der Waals surface area contributed by atoms with Gasteiger partial charge in [-0.15, -0.1) is 0 Å². The van der Waals surface area contributed by atoms with Crippen molar-refractivity contribution in [3.63, 3.8) is 0 Å². The molecule has 1 aromatic heterocycles. The molecule has 0 N–H and O–H groups in total. The van der Waals surface area contributed by atoms with Gasteiger partial charge in [-0.25, -0.2) is 9.78 Å². The highest BCUT2D eigenvalue weighted by Crippen LogP contribution is 2.48. The van der Waals surface area contributed by atoms with Gasteiger partial charge in [0.2, 0.25) is 5.79 Å². The Labute approximate surface area is 188 Å². The molecule has 2 aliphatic rings. The number of fused-ring (bicyclic) bond motifs is 1. The summed E-state index contributed by atoms with van der Waals surface area (Å²) in [6.07, 6.45) is 2.80. The zero-order valence-corrected chi connectivity index (χ0v) is 19.0. The minimum atomic E-state index is -1.03. The van der Waals surface area contributed by atoms with Crippen LogP contribution in [-0.4, -0.2) is 34.7 Å². The first-order valence-corrected chi connectivity index (χ1v) is 11.0. The molecule has 1 amide bonds. The summed E-state index contributed by atoms with van der Waals surface area (Å²) in [5, 5.41) is 9.06. The summed E-state index contributed by atoms with van der Waals surface area (Å²) in [5.74, 6) is -0.0166. The zero-order valence-electron chi connectivity index (χ0n) is 19.0. The van der Waals surface area contributed by atoms with E-state index >= 15 is 0 Å². The van der Waals surface area contributed by atoms with E-state index in [0.29, 0.717) is 18.8 Å². The molecule has 7 nitrogen and oxygen atoms in total. The Morgan fingerprint density at radius 2 is 1.94 bits per heavy atom. The van der Waals surface area contributed by atoms with E-state index in [4.69, 9.17) is 19.5 Å². The van der Waals surface area contributed by atoms with Crippen LogP contribution in [0.5, 0.6) is 5.75 Å². The summed E-state index contributed by atoms with van der Waals surface area (Å²) in [7, 11) is 0. The SMILES string of the molecule is CC(C)(C)OC(=O)N1CCC(C2O[C@](C)(c3ccc(C#N)nc3)Oc3ccccc32)CC1. The standard InChI is InChI=1S/C25H29N3O4/c1-24(2,3)32-23(29)28-13-11-17(12-14-28)22-20-7-5-6-8-21(20)30-25(4,31-22)18-9-10-19(15-26)27-16-18/h5-10,16-17,22H,11-14H2,1-4H3/t22?,25-/m1/s1. The number of nitriles is 1. The minimum Gasteiger partial charge on any atom is -0.458 e. The lowest BCUT2D eigenvalue weighted by molar-refractivity contribution is -0.242. The molecule has 2 atom stereocenters. The van der Waals surface area contributed by atoms with Crippen LogP contribution < -0.4 is 4.74 Å². The third-order valence-electron chi connectivity index (χ3n) is 5.90. The van der Waals surface area contributed by atoms with Gasteiger partial charge in [-0.3, -0.25) is 0 Å². The van der Waals surface area contributed by atoms with Crippen molar-refractivity contribution in [2.24, 2.45) is 5.92 Å². The summed E-state index contributed by atoms with van der Waals surface area (Å²) in [4.78, 5) is 18.4. The molecular weight excluding hydrogens is 406 g/mol. The lowest BCUT2D eigenvalue weighted by Gasteiger charge is -2.44. The monoisotopic (exact) mass is 435 g/mol. The number of ether oxygens (including phenoxy) is 3. The van der Waals surface area contributed by atoms with E-state index in [1.807, 2.05) is 64.1 Å². The quantitative estimate of drug-likeness (QED) is 0.665. The average Bonchev–Trinajstić information content (AvgIpc) is 2.77. The maximum atomic E-state index is 12.5. The Kier molecular flexibility index (Phi) is 5.83. The van der Waals surface area contributed by atoms with Gasteiger partial charge in [0.25, 0.3) is 0 Å². The van der Waals surface area contributed by atoms with Crippen LogP contribution in [0.3, 0.4) is 0 Å². The van der Waals surface area contributed by atoms with E-state index in [-0.39, 0.29) is 18.1 Å². The van der Waals surface area contributed by atoms with Crippen LogP contribution >= 0.6 is 0 Å². The van der Waals surface area contributed by atoms with Gasteiger partial charge in [0.1, 0.15) is 23.1 Å². The van der Waals surface area contributed by atoms with E-state index in [2.05, 4.69) is 4.98 Å². The Morgan fingerprint density at radius 1 is 1.22 bits per heavy atom. The van der Waals surface area contributed by atoms with E-state index in [9.17, 15) is 4.79 Å². The molecule has 0 bridgehead atoms. The van der Waals surface area contributed by atoms with Crippen molar-refractivity contribution in [1.29, 1.82) is 5.26 Å². The molecule has 168 valence electrons. The van der Waals surface area contributed by atoms with Crippen molar-refractivity contribution in [1.82, 2.24) is 9.88 Å². The van der Waals surface area contributed by atoms with Crippen molar-refractivity contribution in [3.05, 3.63) is 59.4 Å². The molecule has 2 aliphatic heterocycles. The molecule has 1 fully saturated rings. The van der Waals surface area contributed by atoms with E-state index in [0.717, 1.165) is 29.7 Å². The fraction of sp³-hybridized carbons (Fsp3) is 0.480. The molecule has 0 radical (unpaired) electrons. The van der Waals surface area contributed by atoms with Gasteiger partial charge in [-0.1, -0.05) is 18.2 Å². The van der Waals surface area contributed by atoms with Crippen molar-refractivity contribution in [2.75, 3.05) is 13.1 Å². The van der Waals surface area contributed by atoms with Crippen molar-refractivity contribution >= 4 is 6.09 Å². The van der Waals surface area contributed by atoms with Gasteiger partial charge in [-0.2, -0.15) is 5.26 Å². The number of hydrogen-bond donors (Lipinski definition) is 0. The predicted molar refractivity (Wildman–Crippen MR) is 118 cm³/mol. The van der Waals surface area contributed by atoms with Gasteiger partial charge in [0.05, 0.1) is 6.10 Å². The van der Waals surface area contributed by atoms with Gasteiger partial charge >= 0.3 is 6.09 Å². The van der Waals surface area contributed by atoms with Crippen LogP contribution in [0.2, 0.25) is 0 Å². The highest BCUT2D eigenvalue weighted by atomic mass is 16.7. The highest BCUT2D eigenvalue weighted by molar-refractivity contribution is 5.68. The molecule has 0 aliphatic carbocycles. The minimum absolute atomic E-state index is 0.179. The van der Waals surface area contributed by atoms with Gasteiger partial charge in [-0.05, 0) is 57.7 Å². The number of piperidine rings is 1. The first-order chi connectivity index (χ1) is 15.2. The summed E-state index contributed by atoms with van der Waals surface area (Å²) < 4.78 is 18.4. The maximum Gasteiger partial charge on any atom is 0.410 e. The number of aromatic nitrogens is 1. The molecule has 4 rings (SSSR count). The third-order valence-corrected chi connectivity index (χ3v) is 5.90. The van der Waals surface area contributed by atoms with Crippen LogP contribution in [-0.2, 0) is 15.3 Å². The first kappa shape index (κ1) is 22.1. The predicted octanol–water partition coefficient (Wildman–Crippen LogP) is 4.92. The zero-order chi connectivity index (χ0) is 22.9. The molecule has 1 aromatic carbocycles.